The molecule has 1 spiro atoms. The van der Waals surface area contributed by atoms with Crippen LogP contribution in [0.4, 0.5) is 0 Å². The van der Waals surface area contributed by atoms with Gasteiger partial charge >= 0.3 is 0 Å². The van der Waals surface area contributed by atoms with Gasteiger partial charge in [0.2, 0.25) is 6.41 Å². The van der Waals surface area contributed by atoms with Crippen LogP contribution in [0, 0.1) is 40.9 Å². The second-order valence-corrected chi connectivity index (χ2v) is 14.8. The van der Waals surface area contributed by atoms with Crippen LogP contribution in [0.15, 0.2) is 41.5 Å². The van der Waals surface area contributed by atoms with Crippen molar-refractivity contribution in [3.05, 3.63) is 47.0 Å². The van der Waals surface area contributed by atoms with Crippen LogP contribution in [-0.2, 0) is 20.9 Å². The zero-order valence-corrected chi connectivity index (χ0v) is 25.0. The van der Waals surface area contributed by atoms with Crippen LogP contribution >= 0.6 is 0 Å². The highest BCUT2D eigenvalue weighted by atomic mass is 16.6. The Bertz CT molecular complexity index is 1170. The van der Waals surface area contributed by atoms with E-state index in [2.05, 4.69) is 32.6 Å². The number of rotatable bonds is 4. The number of ketones is 1. The topological polar surface area (TPSA) is 59.0 Å². The van der Waals surface area contributed by atoms with Crippen molar-refractivity contribution in [3.63, 3.8) is 0 Å². The summed E-state index contributed by atoms with van der Waals surface area (Å²) in [6.07, 6.45) is 8.98. The minimum Gasteiger partial charge on any atom is -0.365 e. The molecule has 5 fully saturated rings. The number of allylic oxidation sites excluding steroid dienone is 1. The predicted octanol–water partition coefficient (Wildman–Crippen LogP) is 6.50. The number of carbonyl (C=O) groups is 1. The fourth-order valence-electron chi connectivity index (χ4n) is 10.9. The van der Waals surface area contributed by atoms with Gasteiger partial charge in [-0.15, -0.1) is 0 Å². The lowest BCUT2D eigenvalue weighted by Gasteiger charge is -2.52. The quantitative estimate of drug-likeness (QED) is 0.345. The maximum absolute atomic E-state index is 12.3. The molecule has 0 aromatic heterocycles. The van der Waals surface area contributed by atoms with Gasteiger partial charge in [0, 0.05) is 31.3 Å². The zero-order chi connectivity index (χ0) is 27.8. The molecular formula is C35H49NO4. The van der Waals surface area contributed by atoms with Gasteiger partial charge in [0.25, 0.3) is 0 Å². The second-order valence-electron chi connectivity index (χ2n) is 14.8. The molecular weight excluding hydrogens is 498 g/mol. The molecule has 1 N–H and O–H groups in total. The van der Waals surface area contributed by atoms with E-state index in [1.165, 1.54) is 31.3 Å². The largest absolute Gasteiger partial charge is 0.365 e. The first-order valence-corrected chi connectivity index (χ1v) is 16.2. The summed E-state index contributed by atoms with van der Waals surface area (Å²) in [5, 5.41) is 11.3. The van der Waals surface area contributed by atoms with Gasteiger partial charge in [-0.2, -0.15) is 0 Å². The minimum absolute atomic E-state index is 0.121. The summed E-state index contributed by atoms with van der Waals surface area (Å²) in [6, 6.07) is 10.3. The monoisotopic (exact) mass is 547 g/mol. The summed E-state index contributed by atoms with van der Waals surface area (Å²) in [4.78, 5) is 14.6. The molecule has 3 saturated carbocycles. The average Bonchev–Trinajstić information content (AvgIpc) is 3.47. The Kier molecular flexibility index (Phi) is 6.85. The third-order valence-electron chi connectivity index (χ3n) is 13.0. The molecule has 5 heteroatoms. The Balaban J connectivity index is 1.15. The van der Waals surface area contributed by atoms with E-state index < -0.39 is 6.41 Å². The highest BCUT2D eigenvalue weighted by molar-refractivity contribution is 5.79. The highest BCUT2D eigenvalue weighted by Crippen LogP contribution is 2.66. The predicted molar refractivity (Wildman–Crippen MR) is 155 cm³/mol. The lowest BCUT2D eigenvalue weighted by atomic mass is 9.52. The molecule has 2 saturated heterocycles. The minimum atomic E-state index is -0.929. The number of piperidine rings is 1. The van der Waals surface area contributed by atoms with Crippen LogP contribution in [0.5, 0.6) is 0 Å². The average molecular weight is 548 g/mol. The Labute approximate surface area is 240 Å². The number of ether oxygens (including phenoxy) is 2. The van der Waals surface area contributed by atoms with Gasteiger partial charge in [0.05, 0.1) is 18.3 Å². The SMILES string of the molecule is CC1=C2C[C@H]3C(CC[C@@H]4CC(=O)CCC43C)[C@@H]2CCC12O[C@@H]1CC(C)CN(C(O)OCc3ccccc3)C1[C@H]2C. The molecule has 6 unspecified atom stereocenters. The molecule has 0 radical (unpaired) electrons. The fraction of sp³-hybridized carbons (Fsp3) is 0.743. The Morgan fingerprint density at radius 2 is 1.93 bits per heavy atom. The number of aliphatic hydroxyl groups is 1. The maximum atomic E-state index is 12.3. The highest BCUT2D eigenvalue weighted by Gasteiger charge is 2.63. The van der Waals surface area contributed by atoms with Gasteiger partial charge in [-0.1, -0.05) is 56.7 Å². The van der Waals surface area contributed by atoms with E-state index in [4.69, 9.17) is 9.47 Å². The Morgan fingerprint density at radius 1 is 1.12 bits per heavy atom. The lowest BCUT2D eigenvalue weighted by Crippen LogP contribution is -2.56. The standard InChI is InChI=1S/C35H49NO4/c1-21-16-31-32(36(19-21)33(38)39-20-24-8-6-5-7-9-24)23(3)35(40-31)15-13-27-28-11-10-25-17-26(37)12-14-34(25,4)30(28)18-29(27)22(35)2/h5-9,21,23,25,27-28,30-33,38H,10-20H2,1-4H3/t21?,23-,25-,27+,28?,30+,31-,32?,33?,34?,35?/m1/s1. The molecule has 7 rings (SSSR count). The van der Waals surface area contributed by atoms with Crippen LogP contribution in [0.1, 0.15) is 91.0 Å². The first-order valence-electron chi connectivity index (χ1n) is 16.2. The number of fused-ring (bicyclic) bond motifs is 6. The van der Waals surface area contributed by atoms with E-state index in [9.17, 15) is 9.90 Å². The molecule has 218 valence electrons. The third-order valence-corrected chi connectivity index (χ3v) is 13.0. The Hall–Kier alpha value is -1.53. The number of hydrogen-bond donors (Lipinski definition) is 1. The van der Waals surface area contributed by atoms with Crippen LogP contribution in [0.25, 0.3) is 0 Å². The van der Waals surface area contributed by atoms with Crippen molar-refractivity contribution in [3.8, 4) is 0 Å². The number of hydrogen-bond acceptors (Lipinski definition) is 5. The normalized spacial score (nSPS) is 45.7. The summed E-state index contributed by atoms with van der Waals surface area (Å²) >= 11 is 0. The van der Waals surface area contributed by atoms with E-state index in [0.29, 0.717) is 47.4 Å². The number of nitrogens with zero attached hydrogens (tertiary/aromatic N) is 1. The molecule has 11 atom stereocenters. The smallest absolute Gasteiger partial charge is 0.216 e. The summed E-state index contributed by atoms with van der Waals surface area (Å²) in [6.45, 7) is 10.8. The molecule has 4 aliphatic carbocycles. The molecule has 0 amide bonds. The maximum Gasteiger partial charge on any atom is 0.216 e. The Morgan fingerprint density at radius 3 is 2.73 bits per heavy atom. The molecule has 40 heavy (non-hydrogen) atoms. The van der Waals surface area contributed by atoms with Gasteiger partial charge in [-0.25, -0.2) is 4.90 Å². The summed E-state index contributed by atoms with van der Waals surface area (Å²) in [5.41, 5.74) is 4.37. The molecule has 6 aliphatic rings. The second kappa shape index (κ2) is 10.0. The van der Waals surface area contributed by atoms with Gasteiger partial charge in [0.1, 0.15) is 5.78 Å². The van der Waals surface area contributed by atoms with E-state index in [1.54, 1.807) is 5.57 Å². The van der Waals surface area contributed by atoms with Gasteiger partial charge in [0.15, 0.2) is 0 Å². The van der Waals surface area contributed by atoms with Crippen molar-refractivity contribution >= 4 is 5.78 Å². The van der Waals surface area contributed by atoms with Gasteiger partial charge in [-0.3, -0.25) is 4.79 Å². The summed E-state index contributed by atoms with van der Waals surface area (Å²) < 4.78 is 13.3. The number of carbonyl (C=O) groups excluding carboxylic acids is 1. The first-order chi connectivity index (χ1) is 19.2. The first kappa shape index (κ1) is 27.3. The molecule has 0 bridgehead atoms. The van der Waals surface area contributed by atoms with Crippen molar-refractivity contribution in [1.82, 2.24) is 4.90 Å². The summed E-state index contributed by atoms with van der Waals surface area (Å²) in [7, 11) is 0. The van der Waals surface area contributed by atoms with Crippen molar-refractivity contribution in [2.45, 2.75) is 116 Å². The summed E-state index contributed by atoms with van der Waals surface area (Å²) in [5.74, 6) is 4.01. The molecule has 1 aromatic carbocycles. The number of likely N-dealkylation sites (tertiary alicyclic amines) is 1. The molecule has 2 aliphatic heterocycles. The van der Waals surface area contributed by atoms with Crippen LogP contribution in [0.3, 0.4) is 0 Å². The van der Waals surface area contributed by atoms with E-state index in [0.717, 1.165) is 50.1 Å². The number of benzene rings is 1. The van der Waals surface area contributed by atoms with Gasteiger partial charge in [-0.05, 0) is 98.0 Å². The molecule has 2 heterocycles. The van der Waals surface area contributed by atoms with Crippen molar-refractivity contribution in [1.29, 1.82) is 0 Å². The fourth-order valence-corrected chi connectivity index (χ4v) is 10.9. The molecule has 1 aromatic rings. The lowest BCUT2D eigenvalue weighted by molar-refractivity contribution is -0.230. The number of Topliss-reactive ketones (excluding diaryl/α,β-unsaturated/α-hetero) is 1. The van der Waals surface area contributed by atoms with Crippen molar-refractivity contribution in [2.24, 2.45) is 40.9 Å². The van der Waals surface area contributed by atoms with E-state index in [1.807, 2.05) is 30.3 Å². The van der Waals surface area contributed by atoms with Gasteiger partial charge < -0.3 is 14.6 Å². The molecule has 5 nitrogen and oxygen atoms in total. The third kappa shape index (κ3) is 4.12. The number of aliphatic hydroxyl groups excluding tert-OH is 1. The zero-order valence-electron chi connectivity index (χ0n) is 25.0. The van der Waals surface area contributed by atoms with E-state index >= 15 is 0 Å². The van der Waals surface area contributed by atoms with Crippen LogP contribution < -0.4 is 0 Å². The van der Waals surface area contributed by atoms with Crippen LogP contribution in [-0.4, -0.2) is 46.5 Å². The van der Waals surface area contributed by atoms with E-state index in [-0.39, 0.29) is 17.7 Å². The van der Waals surface area contributed by atoms with Crippen molar-refractivity contribution in [2.75, 3.05) is 6.54 Å². The van der Waals surface area contributed by atoms with Crippen LogP contribution in [0.2, 0.25) is 0 Å². The van der Waals surface area contributed by atoms with Crippen molar-refractivity contribution < 1.29 is 19.4 Å².